The van der Waals surface area contributed by atoms with Gasteiger partial charge >= 0.3 is 0 Å². The normalized spacial score (nSPS) is 16.7. The van der Waals surface area contributed by atoms with E-state index in [-0.39, 0.29) is 17.2 Å². The second kappa shape index (κ2) is 8.84. The minimum Gasteiger partial charge on any atom is -0.341 e. The molecule has 1 amide bonds. The fourth-order valence-corrected chi connectivity index (χ4v) is 4.54. The zero-order chi connectivity index (χ0) is 20.1. The molecule has 150 valence electrons. The van der Waals surface area contributed by atoms with Gasteiger partial charge in [0.15, 0.2) is 0 Å². The minimum atomic E-state index is -3.95. The number of hydrogen-bond acceptors (Lipinski definition) is 3. The summed E-state index contributed by atoms with van der Waals surface area (Å²) in [6.45, 7) is 3.41. The number of hydrogen-bond donors (Lipinski definition) is 1. The summed E-state index contributed by atoms with van der Waals surface area (Å²) in [5, 5.41) is 0. The summed E-state index contributed by atoms with van der Waals surface area (Å²) in [5.41, 5.74) is 0.869. The van der Waals surface area contributed by atoms with Gasteiger partial charge in [0.25, 0.3) is 0 Å². The van der Waals surface area contributed by atoms with Crippen LogP contribution in [0.2, 0.25) is 0 Å². The van der Waals surface area contributed by atoms with E-state index < -0.39 is 21.9 Å². The number of carbonyl (C=O) groups is 1. The lowest BCUT2D eigenvalue weighted by atomic mass is 9.98. The topological polar surface area (TPSA) is 66.5 Å². The Morgan fingerprint density at radius 3 is 2.32 bits per heavy atom. The average Bonchev–Trinajstić information content (AvgIpc) is 2.68. The van der Waals surface area contributed by atoms with Gasteiger partial charge < -0.3 is 4.90 Å². The van der Waals surface area contributed by atoms with Gasteiger partial charge in [0.1, 0.15) is 11.9 Å². The van der Waals surface area contributed by atoms with Crippen molar-refractivity contribution < 1.29 is 17.6 Å². The van der Waals surface area contributed by atoms with Gasteiger partial charge in [-0.05, 0) is 55.0 Å². The molecule has 0 aliphatic carbocycles. The quantitative estimate of drug-likeness (QED) is 0.805. The number of sulfonamides is 1. The van der Waals surface area contributed by atoms with Crippen LogP contribution in [0.3, 0.4) is 0 Å². The third-order valence-corrected chi connectivity index (χ3v) is 6.58. The molecule has 2 aromatic rings. The van der Waals surface area contributed by atoms with E-state index in [1.165, 1.54) is 12.1 Å². The van der Waals surface area contributed by atoms with Gasteiger partial charge in [0.2, 0.25) is 15.9 Å². The maximum absolute atomic E-state index is 13.2. The molecule has 0 aromatic heterocycles. The van der Waals surface area contributed by atoms with Crippen LogP contribution in [0, 0.1) is 11.7 Å². The third kappa shape index (κ3) is 5.17. The summed E-state index contributed by atoms with van der Waals surface area (Å²) in [7, 11) is -3.95. The molecule has 1 saturated heterocycles. The molecule has 28 heavy (non-hydrogen) atoms. The van der Waals surface area contributed by atoms with Crippen molar-refractivity contribution in [3.8, 4) is 0 Å². The molecule has 0 bridgehead atoms. The Hall–Kier alpha value is -2.25. The monoisotopic (exact) mass is 404 g/mol. The van der Waals surface area contributed by atoms with Crippen LogP contribution in [-0.4, -0.2) is 38.4 Å². The Morgan fingerprint density at radius 2 is 1.71 bits per heavy atom. The van der Waals surface area contributed by atoms with Crippen LogP contribution in [0.5, 0.6) is 0 Å². The molecule has 0 spiro atoms. The van der Waals surface area contributed by atoms with Gasteiger partial charge in [-0.15, -0.1) is 0 Å². The maximum atomic E-state index is 13.2. The Labute approximate surface area is 165 Å². The molecule has 7 heteroatoms. The Morgan fingerprint density at radius 1 is 1.11 bits per heavy atom. The van der Waals surface area contributed by atoms with E-state index in [1.807, 2.05) is 30.3 Å². The summed E-state index contributed by atoms with van der Waals surface area (Å²) in [5.74, 6) is -0.174. The van der Waals surface area contributed by atoms with Crippen molar-refractivity contribution in [1.82, 2.24) is 9.62 Å². The fourth-order valence-electron chi connectivity index (χ4n) is 3.35. The van der Waals surface area contributed by atoms with Crippen LogP contribution in [0.15, 0.2) is 59.5 Å². The van der Waals surface area contributed by atoms with E-state index in [2.05, 4.69) is 11.6 Å². The van der Waals surface area contributed by atoms with Crippen molar-refractivity contribution in [2.45, 2.75) is 37.1 Å². The zero-order valence-electron chi connectivity index (χ0n) is 15.8. The van der Waals surface area contributed by atoms with Crippen molar-refractivity contribution in [3.05, 3.63) is 66.0 Å². The van der Waals surface area contributed by atoms with Crippen LogP contribution in [0.25, 0.3) is 0 Å². The number of nitrogens with zero attached hydrogens (tertiary/aromatic N) is 1. The average molecular weight is 405 g/mol. The predicted octanol–water partition coefficient (Wildman–Crippen LogP) is 2.97. The third-order valence-electron chi connectivity index (χ3n) is 5.10. The molecule has 1 fully saturated rings. The van der Waals surface area contributed by atoms with Gasteiger partial charge in [-0.2, -0.15) is 4.72 Å². The number of nitrogens with one attached hydrogen (secondary N) is 1. The Bertz CT molecular complexity index is 893. The van der Waals surface area contributed by atoms with Crippen molar-refractivity contribution >= 4 is 15.9 Å². The Kier molecular flexibility index (Phi) is 6.46. The van der Waals surface area contributed by atoms with Crippen LogP contribution >= 0.6 is 0 Å². The zero-order valence-corrected chi connectivity index (χ0v) is 16.7. The molecule has 0 saturated carbocycles. The lowest BCUT2D eigenvalue weighted by Crippen LogP contribution is -2.51. The van der Waals surface area contributed by atoms with Crippen molar-refractivity contribution in [1.29, 1.82) is 0 Å². The summed E-state index contributed by atoms with van der Waals surface area (Å²) < 4.78 is 41.3. The van der Waals surface area contributed by atoms with E-state index in [4.69, 9.17) is 0 Å². The van der Waals surface area contributed by atoms with Gasteiger partial charge in [0.05, 0.1) is 4.90 Å². The first-order chi connectivity index (χ1) is 13.3. The van der Waals surface area contributed by atoms with E-state index in [0.29, 0.717) is 19.0 Å². The second-order valence-electron chi connectivity index (χ2n) is 7.33. The standard InChI is InChI=1S/C21H25FN2O3S/c1-16-11-13-24(14-12-16)21(25)20(15-17-5-3-2-4-6-17)23-28(26,27)19-9-7-18(22)8-10-19/h2-10,16,20,23H,11-15H2,1H3/t20-/m0/s1. The number of rotatable bonds is 6. The highest BCUT2D eigenvalue weighted by molar-refractivity contribution is 7.89. The molecule has 3 rings (SSSR count). The van der Waals surface area contributed by atoms with E-state index >= 15 is 0 Å². The molecule has 1 aliphatic rings. The molecule has 1 atom stereocenters. The van der Waals surface area contributed by atoms with Gasteiger partial charge in [-0.1, -0.05) is 37.3 Å². The first kappa shape index (κ1) is 20.5. The molecular formula is C21H25FN2O3S. The minimum absolute atomic E-state index is 0.0629. The molecule has 0 unspecified atom stereocenters. The smallest absolute Gasteiger partial charge is 0.241 e. The van der Waals surface area contributed by atoms with E-state index in [1.54, 1.807) is 4.90 Å². The highest BCUT2D eigenvalue weighted by Gasteiger charge is 2.31. The van der Waals surface area contributed by atoms with Gasteiger partial charge in [-0.3, -0.25) is 4.79 Å². The fraction of sp³-hybridized carbons (Fsp3) is 0.381. The van der Waals surface area contributed by atoms with Crippen molar-refractivity contribution in [3.63, 3.8) is 0 Å². The molecule has 5 nitrogen and oxygen atoms in total. The number of halogens is 1. The van der Waals surface area contributed by atoms with Gasteiger partial charge in [-0.25, -0.2) is 12.8 Å². The highest BCUT2D eigenvalue weighted by Crippen LogP contribution is 2.19. The summed E-state index contributed by atoms with van der Waals surface area (Å²) in [6, 6.07) is 13.0. The number of likely N-dealkylation sites (tertiary alicyclic amines) is 1. The van der Waals surface area contributed by atoms with Gasteiger partial charge in [0, 0.05) is 13.1 Å². The number of benzene rings is 2. The van der Waals surface area contributed by atoms with Crippen LogP contribution in [0.4, 0.5) is 4.39 Å². The SMILES string of the molecule is CC1CCN(C(=O)[C@H](Cc2ccccc2)NS(=O)(=O)c2ccc(F)cc2)CC1. The molecule has 1 aliphatic heterocycles. The van der Waals surface area contributed by atoms with Crippen LogP contribution in [-0.2, 0) is 21.2 Å². The molecule has 0 radical (unpaired) electrons. The maximum Gasteiger partial charge on any atom is 0.241 e. The summed E-state index contributed by atoms with van der Waals surface area (Å²) >= 11 is 0. The predicted molar refractivity (Wildman–Crippen MR) is 106 cm³/mol. The summed E-state index contributed by atoms with van der Waals surface area (Å²) in [4.78, 5) is 14.8. The molecule has 2 aromatic carbocycles. The lowest BCUT2D eigenvalue weighted by molar-refractivity contribution is -0.134. The lowest BCUT2D eigenvalue weighted by Gasteiger charge is -2.33. The first-order valence-corrected chi connectivity index (χ1v) is 10.9. The Balaban J connectivity index is 1.83. The van der Waals surface area contributed by atoms with Crippen molar-refractivity contribution in [2.24, 2.45) is 5.92 Å². The summed E-state index contributed by atoms with van der Waals surface area (Å²) in [6.07, 6.45) is 2.08. The highest BCUT2D eigenvalue weighted by atomic mass is 32.2. The van der Waals surface area contributed by atoms with Crippen LogP contribution in [0.1, 0.15) is 25.3 Å². The molecule has 1 heterocycles. The largest absolute Gasteiger partial charge is 0.341 e. The number of piperidine rings is 1. The van der Waals surface area contributed by atoms with Crippen LogP contribution < -0.4 is 4.72 Å². The van der Waals surface area contributed by atoms with E-state index in [9.17, 15) is 17.6 Å². The van der Waals surface area contributed by atoms with Crippen molar-refractivity contribution in [2.75, 3.05) is 13.1 Å². The molecule has 1 N–H and O–H groups in total. The molecular weight excluding hydrogens is 379 g/mol. The van der Waals surface area contributed by atoms with E-state index in [0.717, 1.165) is 30.5 Å². The second-order valence-corrected chi connectivity index (χ2v) is 9.04. The number of amides is 1. The number of carbonyl (C=O) groups excluding carboxylic acids is 1. The first-order valence-electron chi connectivity index (χ1n) is 9.46.